The molecular weight excluding hydrogens is 340 g/mol. The summed E-state index contributed by atoms with van der Waals surface area (Å²) in [5, 5.41) is 0. The zero-order valence-electron chi connectivity index (χ0n) is 15.5. The highest BCUT2D eigenvalue weighted by atomic mass is 16.5. The zero-order chi connectivity index (χ0) is 18.6. The maximum atomic E-state index is 12.9. The molecule has 8 aliphatic rings. The molecule has 0 heterocycles. The topological polar surface area (TPSA) is 52.6 Å². The summed E-state index contributed by atoms with van der Waals surface area (Å²) in [7, 11) is 2.79. The fourth-order valence-electron chi connectivity index (χ4n) is 10.1. The maximum absolute atomic E-state index is 12.9. The van der Waals surface area contributed by atoms with Crippen LogP contribution in [0, 0.1) is 58.2 Å². The summed E-state index contributed by atoms with van der Waals surface area (Å²) in [6.07, 6.45) is 5.59. The van der Waals surface area contributed by atoms with Crippen LogP contribution < -0.4 is 0 Å². The van der Waals surface area contributed by atoms with Gasteiger partial charge in [0.25, 0.3) is 0 Å². The normalized spacial score (nSPS) is 56.1. The molecule has 4 bridgehead atoms. The van der Waals surface area contributed by atoms with E-state index >= 15 is 0 Å². The fraction of sp³-hybridized carbons (Fsp3) is 0.565. The minimum absolute atomic E-state index is 0.133. The van der Waals surface area contributed by atoms with E-state index in [9.17, 15) is 9.59 Å². The molecule has 27 heavy (non-hydrogen) atoms. The molecule has 10 atom stereocenters. The first kappa shape index (κ1) is 14.9. The van der Waals surface area contributed by atoms with E-state index in [4.69, 9.17) is 9.47 Å². The van der Waals surface area contributed by atoms with Gasteiger partial charge in [-0.15, -0.1) is 0 Å². The smallest absolute Gasteiger partial charge is 0.334 e. The van der Waals surface area contributed by atoms with Gasteiger partial charge in [-0.1, -0.05) is 36.5 Å². The lowest BCUT2D eigenvalue weighted by Gasteiger charge is -2.74. The second-order valence-electron chi connectivity index (χ2n) is 9.61. The first-order valence-corrected chi connectivity index (χ1v) is 9.97. The van der Waals surface area contributed by atoms with Gasteiger partial charge in [0.05, 0.1) is 25.4 Å². The van der Waals surface area contributed by atoms with Gasteiger partial charge in [-0.3, -0.25) is 0 Å². The Balaban J connectivity index is 1.59. The van der Waals surface area contributed by atoms with Gasteiger partial charge in [0.2, 0.25) is 0 Å². The molecule has 5 fully saturated rings. The quantitative estimate of drug-likeness (QED) is 0.560. The Bertz CT molecular complexity index is 908. The van der Waals surface area contributed by atoms with Gasteiger partial charge in [-0.2, -0.15) is 0 Å². The van der Waals surface area contributed by atoms with Crippen LogP contribution in [0.1, 0.15) is 6.42 Å². The van der Waals surface area contributed by atoms with Crippen molar-refractivity contribution in [1.82, 2.24) is 0 Å². The number of methoxy groups -OCH3 is 2. The van der Waals surface area contributed by atoms with Gasteiger partial charge in [0, 0.05) is 22.7 Å². The lowest BCUT2D eigenvalue weighted by Crippen LogP contribution is -2.72. The molecule has 8 aliphatic carbocycles. The molecule has 5 saturated carbocycles. The van der Waals surface area contributed by atoms with Crippen molar-refractivity contribution >= 4 is 11.9 Å². The van der Waals surface area contributed by atoms with E-state index in [2.05, 4.69) is 25.3 Å². The minimum Gasteiger partial charge on any atom is -0.466 e. The Morgan fingerprint density at radius 3 is 1.67 bits per heavy atom. The molecule has 0 aliphatic heterocycles. The Kier molecular flexibility index (Phi) is 2.14. The molecule has 138 valence electrons. The van der Waals surface area contributed by atoms with Crippen molar-refractivity contribution in [3.63, 3.8) is 0 Å². The number of rotatable bonds is 2. The first-order valence-electron chi connectivity index (χ1n) is 9.97. The third-order valence-corrected chi connectivity index (χ3v) is 9.97. The predicted molar refractivity (Wildman–Crippen MR) is 95.9 cm³/mol. The fourth-order valence-corrected chi connectivity index (χ4v) is 10.1. The predicted octanol–water partition coefficient (Wildman–Crippen LogP) is 2.69. The SMILES string of the molecule is C=C1C2C3CC4C2C(=C)C25C6C=CC(C(C(=O)OC)=C6C(=O)OC)C12C3C45. The zero-order valence-corrected chi connectivity index (χ0v) is 15.5. The Labute approximate surface area is 158 Å². The Morgan fingerprint density at radius 2 is 1.30 bits per heavy atom. The second kappa shape index (κ2) is 3.87. The van der Waals surface area contributed by atoms with Gasteiger partial charge in [-0.25, -0.2) is 9.59 Å². The van der Waals surface area contributed by atoms with Gasteiger partial charge in [0.15, 0.2) is 0 Å². The third-order valence-electron chi connectivity index (χ3n) is 9.97. The van der Waals surface area contributed by atoms with E-state index in [1.54, 1.807) is 0 Å². The molecule has 8 rings (SSSR count). The highest BCUT2D eigenvalue weighted by molar-refractivity contribution is 6.03. The first-order chi connectivity index (χ1) is 13.0. The lowest BCUT2D eigenvalue weighted by molar-refractivity contribution is -0.189. The van der Waals surface area contributed by atoms with Gasteiger partial charge < -0.3 is 9.47 Å². The van der Waals surface area contributed by atoms with Gasteiger partial charge in [-0.05, 0) is 41.9 Å². The van der Waals surface area contributed by atoms with Crippen LogP contribution in [0.4, 0.5) is 0 Å². The van der Waals surface area contributed by atoms with Crippen LogP contribution in [-0.2, 0) is 19.1 Å². The molecule has 0 aromatic heterocycles. The number of hydrogen-bond acceptors (Lipinski definition) is 4. The molecule has 0 amide bonds. The number of carbonyl (C=O) groups is 2. The summed E-state index contributed by atoms with van der Waals surface area (Å²) in [6, 6.07) is 0. The Morgan fingerprint density at radius 1 is 0.889 bits per heavy atom. The van der Waals surface area contributed by atoms with Crippen molar-refractivity contribution in [2.75, 3.05) is 14.2 Å². The monoisotopic (exact) mass is 362 g/mol. The van der Waals surface area contributed by atoms with Crippen molar-refractivity contribution in [1.29, 1.82) is 0 Å². The number of carbonyl (C=O) groups excluding carboxylic acids is 2. The largest absolute Gasteiger partial charge is 0.466 e. The highest BCUT2D eigenvalue weighted by Crippen LogP contribution is 2.99. The maximum Gasteiger partial charge on any atom is 0.334 e. The van der Waals surface area contributed by atoms with Crippen LogP contribution in [0.15, 0.2) is 47.6 Å². The third kappa shape index (κ3) is 0.985. The van der Waals surface area contributed by atoms with Gasteiger partial charge >= 0.3 is 11.9 Å². The lowest BCUT2D eigenvalue weighted by atomic mass is 9.27. The summed E-state index contributed by atoms with van der Waals surface area (Å²) in [5.41, 5.74) is 3.45. The summed E-state index contributed by atoms with van der Waals surface area (Å²) in [6.45, 7) is 9.28. The number of fused-ring (bicyclic) bond motifs is 1. The second-order valence-corrected chi connectivity index (χ2v) is 9.61. The number of allylic oxidation sites excluding steroid dienone is 4. The molecule has 4 heteroatoms. The van der Waals surface area contributed by atoms with Gasteiger partial charge in [0.1, 0.15) is 0 Å². The molecule has 0 aromatic carbocycles. The molecule has 0 N–H and O–H groups in total. The van der Waals surface area contributed by atoms with E-state index in [1.807, 2.05) is 0 Å². The summed E-state index contributed by atoms with van der Waals surface area (Å²) < 4.78 is 10.3. The summed E-state index contributed by atoms with van der Waals surface area (Å²) >= 11 is 0. The molecule has 10 unspecified atom stereocenters. The molecular formula is C23H22O4. The van der Waals surface area contributed by atoms with E-state index < -0.39 is 11.9 Å². The van der Waals surface area contributed by atoms with Crippen LogP contribution >= 0.6 is 0 Å². The van der Waals surface area contributed by atoms with Crippen LogP contribution in [0.3, 0.4) is 0 Å². The molecule has 2 spiro atoms. The average Bonchev–Trinajstić information content (AvgIpc) is 3.22. The number of esters is 2. The molecule has 0 saturated heterocycles. The van der Waals surface area contributed by atoms with Crippen LogP contribution in [0.2, 0.25) is 0 Å². The molecule has 4 nitrogen and oxygen atoms in total. The van der Waals surface area contributed by atoms with Crippen molar-refractivity contribution < 1.29 is 19.1 Å². The Hall–Kier alpha value is -2.10. The van der Waals surface area contributed by atoms with Crippen molar-refractivity contribution in [3.05, 3.63) is 47.6 Å². The van der Waals surface area contributed by atoms with E-state index in [1.165, 1.54) is 31.8 Å². The number of ether oxygens (including phenoxy) is 2. The molecule has 0 radical (unpaired) electrons. The van der Waals surface area contributed by atoms with Crippen molar-refractivity contribution in [2.45, 2.75) is 6.42 Å². The minimum atomic E-state index is -0.398. The van der Waals surface area contributed by atoms with Crippen molar-refractivity contribution in [3.8, 4) is 0 Å². The summed E-state index contributed by atoms with van der Waals surface area (Å²) in [4.78, 5) is 25.7. The van der Waals surface area contributed by atoms with E-state index in [0.717, 1.165) is 0 Å². The summed E-state index contributed by atoms with van der Waals surface area (Å²) in [5.74, 6) is 2.56. The highest BCUT2D eigenvalue weighted by Gasteiger charge is 2.95. The van der Waals surface area contributed by atoms with Crippen LogP contribution in [0.5, 0.6) is 0 Å². The average molecular weight is 362 g/mol. The van der Waals surface area contributed by atoms with Crippen LogP contribution in [-0.4, -0.2) is 26.2 Å². The van der Waals surface area contributed by atoms with E-state index in [-0.39, 0.29) is 22.7 Å². The van der Waals surface area contributed by atoms with Crippen molar-refractivity contribution in [2.24, 2.45) is 58.2 Å². The van der Waals surface area contributed by atoms with Crippen LogP contribution in [0.25, 0.3) is 0 Å². The van der Waals surface area contributed by atoms with E-state index in [0.29, 0.717) is 46.7 Å². The standard InChI is InChI=1S/C23H22O4/c1-8-14-10-7-11-15(14)9(2)23-13-6-5-12(22(8,23)18(10)19(11)23)16(20(24)26-3)17(13)21(25)27-4/h5-6,10-15,18-19H,1-2,7H2,3-4H3. The molecule has 0 aromatic rings. The number of hydrogen-bond donors (Lipinski definition) is 0.